The minimum Gasteiger partial charge on any atom is -0.433 e. The van der Waals surface area contributed by atoms with Crippen LogP contribution in [0.1, 0.15) is 53.4 Å². The summed E-state index contributed by atoms with van der Waals surface area (Å²) in [6.07, 6.45) is 5.19. The third-order valence-electron chi connectivity index (χ3n) is 7.86. The Bertz CT molecular complexity index is 1130. The second-order valence-electron chi connectivity index (χ2n) is 11.3. The largest absolute Gasteiger partial charge is 0.433 e. The van der Waals surface area contributed by atoms with Crippen LogP contribution in [0.3, 0.4) is 0 Å². The highest BCUT2D eigenvalue weighted by Gasteiger charge is 2.42. The van der Waals surface area contributed by atoms with E-state index in [2.05, 4.69) is 39.3 Å². The highest BCUT2D eigenvalue weighted by Crippen LogP contribution is 2.39. The number of rotatable bonds is 7. The van der Waals surface area contributed by atoms with Gasteiger partial charge in [-0.2, -0.15) is 13.8 Å². The van der Waals surface area contributed by atoms with Gasteiger partial charge < -0.3 is 25.0 Å². The summed E-state index contributed by atoms with van der Waals surface area (Å²) < 4.78 is 51.8. The Hall–Kier alpha value is -2.79. The Kier molecular flexibility index (Phi) is 7.59. The van der Waals surface area contributed by atoms with E-state index in [1.54, 1.807) is 12.1 Å². The van der Waals surface area contributed by atoms with Gasteiger partial charge in [0, 0.05) is 49.0 Å². The number of piperidine rings is 1. The molecule has 2 unspecified atom stereocenters. The van der Waals surface area contributed by atoms with Gasteiger partial charge in [0.1, 0.15) is 0 Å². The number of aromatic nitrogens is 2. The molecule has 208 valence electrons. The minimum absolute atomic E-state index is 0.0398. The number of nitrogens with one attached hydrogen (secondary N) is 2. The predicted octanol–water partition coefficient (Wildman–Crippen LogP) is 5.39. The number of fused-ring (bicyclic) bond motifs is 1. The fraction of sp³-hybridized carbons (Fsp3) is 0.630. The average molecular weight is 535 g/mol. The smallest absolute Gasteiger partial charge is 0.387 e. The summed E-state index contributed by atoms with van der Waals surface area (Å²) in [4.78, 5) is 13.0. The first-order chi connectivity index (χ1) is 18.1. The van der Waals surface area contributed by atoms with Crippen LogP contribution in [-0.4, -0.2) is 70.9 Å². The highest BCUT2D eigenvalue weighted by atomic mass is 19.3. The molecular weight excluding hydrogens is 497 g/mol. The van der Waals surface area contributed by atoms with E-state index in [4.69, 9.17) is 9.47 Å². The first kappa shape index (κ1) is 26.8. The van der Waals surface area contributed by atoms with Crippen molar-refractivity contribution in [3.8, 4) is 5.75 Å². The zero-order valence-electron chi connectivity index (χ0n) is 22.4. The maximum absolute atomic E-state index is 14.6. The molecule has 4 atom stereocenters. The molecule has 38 heavy (non-hydrogen) atoms. The lowest BCUT2D eigenvalue weighted by Crippen LogP contribution is -2.50. The molecule has 3 fully saturated rings. The van der Waals surface area contributed by atoms with Crippen LogP contribution in [0.4, 0.5) is 36.3 Å². The van der Waals surface area contributed by atoms with Gasteiger partial charge in [0.25, 0.3) is 0 Å². The molecule has 0 saturated carbocycles. The Balaban J connectivity index is 1.30. The number of hydrogen-bond donors (Lipinski definition) is 2. The second kappa shape index (κ2) is 10.8. The van der Waals surface area contributed by atoms with Gasteiger partial charge in [0.15, 0.2) is 17.4 Å². The number of alkyl halides is 2. The molecule has 4 heterocycles. The van der Waals surface area contributed by atoms with Crippen LogP contribution in [0.5, 0.6) is 5.75 Å². The normalized spacial score (nSPS) is 27.3. The van der Waals surface area contributed by atoms with Crippen LogP contribution in [0.25, 0.3) is 0 Å². The number of anilines is 4. The molecule has 0 spiro atoms. The molecule has 3 aliphatic heterocycles. The van der Waals surface area contributed by atoms with E-state index >= 15 is 0 Å². The SMILES string of the molecule is CC1CN(c2ccc(Nc3ncc(F)c(N[C@H]4CCN5[C@@H](CCC5(C)C)C4)n3)cc2OC(F)F)CC(C)O1. The Labute approximate surface area is 221 Å². The molecule has 0 bridgehead atoms. The van der Waals surface area contributed by atoms with E-state index in [1.807, 2.05) is 18.7 Å². The van der Waals surface area contributed by atoms with E-state index in [-0.39, 0.29) is 41.3 Å². The molecule has 3 saturated heterocycles. The molecule has 3 aliphatic rings. The number of halogens is 3. The van der Waals surface area contributed by atoms with Crippen molar-refractivity contribution in [2.24, 2.45) is 0 Å². The van der Waals surface area contributed by atoms with Crippen molar-refractivity contribution < 1.29 is 22.6 Å². The number of morpholine rings is 1. The summed E-state index contributed by atoms with van der Waals surface area (Å²) in [5.74, 6) is -0.191. The topological polar surface area (TPSA) is 74.8 Å². The van der Waals surface area contributed by atoms with Crippen LogP contribution in [-0.2, 0) is 4.74 Å². The standard InChI is InChI=1S/C27H37F3N6O2/c1-16-14-35(15-17(2)37-16)22-6-5-18(12-23(22)38-25(29)30)33-26-31-13-21(28)24(34-26)32-19-8-10-36-20(11-19)7-9-27(36,3)4/h5-6,12-13,16-17,19-20,25H,7-11,14-15H2,1-4H3,(H2,31,32,33,34)/t16?,17?,19-,20-/m0/s1. The number of nitrogens with zero attached hydrogens (tertiary/aromatic N) is 4. The van der Waals surface area contributed by atoms with Gasteiger partial charge in [-0.1, -0.05) is 0 Å². The molecule has 0 amide bonds. The van der Waals surface area contributed by atoms with Gasteiger partial charge in [0.2, 0.25) is 5.95 Å². The van der Waals surface area contributed by atoms with Gasteiger partial charge >= 0.3 is 6.61 Å². The molecule has 0 aliphatic carbocycles. The zero-order valence-corrected chi connectivity index (χ0v) is 22.4. The van der Waals surface area contributed by atoms with Crippen LogP contribution >= 0.6 is 0 Å². The monoisotopic (exact) mass is 534 g/mol. The molecule has 11 heteroatoms. The second-order valence-corrected chi connectivity index (χ2v) is 11.3. The third-order valence-corrected chi connectivity index (χ3v) is 7.86. The molecule has 2 aromatic rings. The van der Waals surface area contributed by atoms with Crippen LogP contribution in [0, 0.1) is 5.82 Å². The number of ether oxygens (including phenoxy) is 2. The first-order valence-corrected chi connectivity index (χ1v) is 13.4. The number of benzene rings is 1. The van der Waals surface area contributed by atoms with Crippen molar-refractivity contribution in [3.05, 3.63) is 30.2 Å². The Morgan fingerprint density at radius 1 is 1.16 bits per heavy atom. The maximum Gasteiger partial charge on any atom is 0.387 e. The molecular formula is C27H37F3N6O2. The zero-order chi connectivity index (χ0) is 27.0. The highest BCUT2D eigenvalue weighted by molar-refractivity contribution is 5.68. The summed E-state index contributed by atoms with van der Waals surface area (Å²) in [6, 6.07) is 5.57. The van der Waals surface area contributed by atoms with Gasteiger partial charge in [-0.05, 0) is 65.5 Å². The van der Waals surface area contributed by atoms with Crippen LogP contribution in [0.2, 0.25) is 0 Å². The minimum atomic E-state index is -2.98. The van der Waals surface area contributed by atoms with Crippen molar-refractivity contribution in [3.63, 3.8) is 0 Å². The lowest BCUT2D eigenvalue weighted by Gasteiger charge is -2.42. The number of hydrogen-bond acceptors (Lipinski definition) is 8. The fourth-order valence-corrected chi connectivity index (χ4v) is 6.19. The van der Waals surface area contributed by atoms with E-state index in [9.17, 15) is 13.2 Å². The van der Waals surface area contributed by atoms with Gasteiger partial charge in [-0.15, -0.1) is 0 Å². The van der Waals surface area contributed by atoms with Gasteiger partial charge in [-0.25, -0.2) is 9.37 Å². The predicted molar refractivity (Wildman–Crippen MR) is 141 cm³/mol. The maximum atomic E-state index is 14.6. The molecule has 2 N–H and O–H groups in total. The van der Waals surface area contributed by atoms with E-state index < -0.39 is 12.4 Å². The van der Waals surface area contributed by atoms with Crippen molar-refractivity contribution in [2.45, 2.75) is 89.8 Å². The van der Waals surface area contributed by atoms with Crippen molar-refractivity contribution >= 4 is 23.1 Å². The quantitative estimate of drug-likeness (QED) is 0.490. The van der Waals surface area contributed by atoms with Crippen molar-refractivity contribution in [2.75, 3.05) is 35.2 Å². The molecule has 0 radical (unpaired) electrons. The van der Waals surface area contributed by atoms with E-state index in [0.717, 1.165) is 32.0 Å². The molecule has 5 rings (SSSR count). The summed E-state index contributed by atoms with van der Waals surface area (Å²) in [7, 11) is 0. The van der Waals surface area contributed by atoms with Crippen molar-refractivity contribution in [1.82, 2.24) is 14.9 Å². The Morgan fingerprint density at radius 2 is 1.92 bits per heavy atom. The van der Waals surface area contributed by atoms with E-state index in [1.165, 1.54) is 12.5 Å². The van der Waals surface area contributed by atoms with Crippen molar-refractivity contribution in [1.29, 1.82) is 0 Å². The third kappa shape index (κ3) is 5.93. The van der Waals surface area contributed by atoms with Crippen LogP contribution < -0.4 is 20.3 Å². The molecule has 1 aromatic heterocycles. The lowest BCUT2D eigenvalue weighted by atomic mass is 9.97. The summed E-state index contributed by atoms with van der Waals surface area (Å²) in [5.41, 5.74) is 1.23. The van der Waals surface area contributed by atoms with Crippen LogP contribution in [0.15, 0.2) is 24.4 Å². The molecule has 8 nitrogen and oxygen atoms in total. The fourth-order valence-electron chi connectivity index (χ4n) is 6.19. The summed E-state index contributed by atoms with van der Waals surface area (Å²) in [5, 5.41) is 6.29. The van der Waals surface area contributed by atoms with E-state index in [0.29, 0.717) is 30.5 Å². The lowest BCUT2D eigenvalue weighted by molar-refractivity contribution is -0.0498. The molecule has 1 aromatic carbocycles. The Morgan fingerprint density at radius 3 is 2.66 bits per heavy atom. The van der Waals surface area contributed by atoms with Gasteiger partial charge in [-0.3, -0.25) is 4.90 Å². The van der Waals surface area contributed by atoms with Gasteiger partial charge in [0.05, 0.1) is 24.1 Å². The summed E-state index contributed by atoms with van der Waals surface area (Å²) >= 11 is 0. The summed E-state index contributed by atoms with van der Waals surface area (Å²) in [6.45, 7) is 7.57. The first-order valence-electron chi connectivity index (χ1n) is 13.4. The average Bonchev–Trinajstić information content (AvgIpc) is 3.14.